The standard InChI is InChI=1S/C11H12ClNO/c1-7-6-10(12)8(2)11(14-3)9(7)4-5-13/h6H,4H2,1-3H3. The topological polar surface area (TPSA) is 33.0 Å². The lowest BCUT2D eigenvalue weighted by Gasteiger charge is -2.13. The molecular formula is C11H12ClNO. The van der Waals surface area contributed by atoms with Crippen LogP contribution in [0.1, 0.15) is 16.7 Å². The minimum Gasteiger partial charge on any atom is -0.496 e. The Hall–Kier alpha value is -1.20. The van der Waals surface area contributed by atoms with Crippen LogP contribution in [0.5, 0.6) is 5.75 Å². The molecule has 2 nitrogen and oxygen atoms in total. The minimum atomic E-state index is 0.354. The molecule has 14 heavy (non-hydrogen) atoms. The molecule has 0 aliphatic carbocycles. The van der Waals surface area contributed by atoms with Crippen LogP contribution in [0.25, 0.3) is 0 Å². The molecule has 0 unspecified atom stereocenters. The summed E-state index contributed by atoms with van der Waals surface area (Å²) in [5.74, 6) is 0.733. The lowest BCUT2D eigenvalue weighted by molar-refractivity contribution is 0.407. The van der Waals surface area contributed by atoms with Crippen LogP contribution in [0.4, 0.5) is 0 Å². The van der Waals surface area contributed by atoms with Gasteiger partial charge in [-0.2, -0.15) is 5.26 Å². The van der Waals surface area contributed by atoms with Gasteiger partial charge in [-0.1, -0.05) is 11.6 Å². The lowest BCUT2D eigenvalue weighted by atomic mass is 10.0. The molecule has 0 heterocycles. The molecular weight excluding hydrogens is 198 g/mol. The van der Waals surface area contributed by atoms with Crippen molar-refractivity contribution in [1.82, 2.24) is 0 Å². The van der Waals surface area contributed by atoms with E-state index in [-0.39, 0.29) is 0 Å². The summed E-state index contributed by atoms with van der Waals surface area (Å²) < 4.78 is 5.25. The molecule has 0 aromatic heterocycles. The van der Waals surface area contributed by atoms with Gasteiger partial charge in [0.05, 0.1) is 19.6 Å². The molecule has 0 aliphatic heterocycles. The number of hydrogen-bond acceptors (Lipinski definition) is 2. The Bertz CT molecular complexity index is 393. The number of rotatable bonds is 2. The van der Waals surface area contributed by atoms with Crippen molar-refractivity contribution in [3.8, 4) is 11.8 Å². The van der Waals surface area contributed by atoms with Crippen molar-refractivity contribution >= 4 is 11.6 Å². The number of nitriles is 1. The van der Waals surface area contributed by atoms with Gasteiger partial charge in [-0.05, 0) is 25.5 Å². The van der Waals surface area contributed by atoms with E-state index in [2.05, 4.69) is 6.07 Å². The van der Waals surface area contributed by atoms with E-state index in [0.29, 0.717) is 11.4 Å². The molecule has 1 aromatic carbocycles. The molecule has 0 radical (unpaired) electrons. The van der Waals surface area contributed by atoms with Crippen molar-refractivity contribution in [2.75, 3.05) is 7.11 Å². The van der Waals surface area contributed by atoms with Crippen molar-refractivity contribution in [2.24, 2.45) is 0 Å². The Morgan fingerprint density at radius 2 is 2.14 bits per heavy atom. The highest BCUT2D eigenvalue weighted by molar-refractivity contribution is 6.31. The van der Waals surface area contributed by atoms with Gasteiger partial charge in [0.25, 0.3) is 0 Å². The average Bonchev–Trinajstić information content (AvgIpc) is 2.15. The summed E-state index contributed by atoms with van der Waals surface area (Å²) in [6.07, 6.45) is 0.354. The van der Waals surface area contributed by atoms with Crippen LogP contribution in [0.15, 0.2) is 6.07 Å². The zero-order valence-electron chi connectivity index (χ0n) is 8.52. The van der Waals surface area contributed by atoms with E-state index in [9.17, 15) is 0 Å². The molecule has 0 bridgehead atoms. The molecule has 0 atom stereocenters. The molecule has 1 rings (SSSR count). The van der Waals surface area contributed by atoms with Crippen LogP contribution in [0.2, 0.25) is 5.02 Å². The van der Waals surface area contributed by atoms with Gasteiger partial charge < -0.3 is 4.74 Å². The Kier molecular flexibility index (Phi) is 3.38. The number of methoxy groups -OCH3 is 1. The second-order valence-electron chi connectivity index (χ2n) is 3.15. The van der Waals surface area contributed by atoms with Crippen molar-refractivity contribution in [3.63, 3.8) is 0 Å². The SMILES string of the molecule is COc1c(C)c(Cl)cc(C)c1CC#N. The molecule has 0 fully saturated rings. The second-order valence-corrected chi connectivity index (χ2v) is 3.55. The number of ether oxygens (including phenoxy) is 1. The second kappa shape index (κ2) is 4.34. The molecule has 0 saturated heterocycles. The van der Waals surface area contributed by atoms with Gasteiger partial charge >= 0.3 is 0 Å². The van der Waals surface area contributed by atoms with E-state index in [0.717, 1.165) is 22.4 Å². The summed E-state index contributed by atoms with van der Waals surface area (Å²) in [5, 5.41) is 9.37. The predicted octanol–water partition coefficient (Wildman–Crippen LogP) is 3.03. The zero-order chi connectivity index (χ0) is 10.7. The maximum atomic E-state index is 8.69. The largest absolute Gasteiger partial charge is 0.496 e. The van der Waals surface area contributed by atoms with Crippen LogP contribution in [-0.2, 0) is 6.42 Å². The summed E-state index contributed by atoms with van der Waals surface area (Å²) in [6, 6.07) is 3.99. The summed E-state index contributed by atoms with van der Waals surface area (Å²) in [7, 11) is 1.60. The first-order valence-electron chi connectivity index (χ1n) is 4.31. The number of aryl methyl sites for hydroxylation is 1. The fourth-order valence-electron chi connectivity index (χ4n) is 1.47. The fourth-order valence-corrected chi connectivity index (χ4v) is 1.72. The molecule has 0 aliphatic rings. The summed E-state index contributed by atoms with van der Waals surface area (Å²) in [6.45, 7) is 3.82. The quantitative estimate of drug-likeness (QED) is 0.750. The van der Waals surface area contributed by atoms with Gasteiger partial charge in [0.2, 0.25) is 0 Å². The van der Waals surface area contributed by atoms with Crippen LogP contribution >= 0.6 is 11.6 Å². The van der Waals surface area contributed by atoms with Gasteiger partial charge in [-0.25, -0.2) is 0 Å². The maximum Gasteiger partial charge on any atom is 0.127 e. The molecule has 0 N–H and O–H groups in total. The smallest absolute Gasteiger partial charge is 0.127 e. The highest BCUT2D eigenvalue weighted by Gasteiger charge is 2.12. The maximum absolute atomic E-state index is 8.69. The summed E-state index contributed by atoms with van der Waals surface area (Å²) in [4.78, 5) is 0. The summed E-state index contributed by atoms with van der Waals surface area (Å²) in [5.41, 5.74) is 2.82. The Morgan fingerprint density at radius 3 is 2.64 bits per heavy atom. The van der Waals surface area contributed by atoms with Crippen LogP contribution in [-0.4, -0.2) is 7.11 Å². The number of halogens is 1. The molecule has 0 spiro atoms. The monoisotopic (exact) mass is 209 g/mol. The first-order chi connectivity index (χ1) is 6.61. The van der Waals surface area contributed by atoms with Gasteiger partial charge in [0, 0.05) is 16.1 Å². The summed E-state index contributed by atoms with van der Waals surface area (Å²) >= 11 is 6.01. The van der Waals surface area contributed by atoms with Gasteiger partial charge in [-0.15, -0.1) is 0 Å². The van der Waals surface area contributed by atoms with Gasteiger partial charge in [0.1, 0.15) is 5.75 Å². The van der Waals surface area contributed by atoms with Crippen molar-refractivity contribution in [1.29, 1.82) is 5.26 Å². The molecule has 0 saturated carbocycles. The zero-order valence-corrected chi connectivity index (χ0v) is 9.27. The van der Waals surface area contributed by atoms with Crippen molar-refractivity contribution in [2.45, 2.75) is 20.3 Å². The predicted molar refractivity (Wildman–Crippen MR) is 56.8 cm³/mol. The Morgan fingerprint density at radius 1 is 1.50 bits per heavy atom. The average molecular weight is 210 g/mol. The van der Waals surface area contributed by atoms with Gasteiger partial charge in [-0.3, -0.25) is 0 Å². The highest BCUT2D eigenvalue weighted by atomic mass is 35.5. The highest BCUT2D eigenvalue weighted by Crippen LogP contribution is 2.32. The van der Waals surface area contributed by atoms with Crippen molar-refractivity contribution in [3.05, 3.63) is 27.8 Å². The normalized spacial score (nSPS) is 9.64. The number of hydrogen-bond donors (Lipinski definition) is 0. The third-order valence-corrected chi connectivity index (χ3v) is 2.64. The Labute approximate surface area is 89.1 Å². The third kappa shape index (κ3) is 1.83. The Balaban J connectivity index is 3.40. The molecule has 0 amide bonds. The van der Waals surface area contributed by atoms with E-state index in [1.54, 1.807) is 7.11 Å². The number of benzene rings is 1. The molecule has 1 aromatic rings. The van der Waals surface area contributed by atoms with Crippen LogP contribution in [0.3, 0.4) is 0 Å². The molecule has 3 heteroatoms. The van der Waals surface area contributed by atoms with Crippen LogP contribution in [0, 0.1) is 25.2 Å². The first-order valence-corrected chi connectivity index (χ1v) is 4.69. The van der Waals surface area contributed by atoms with E-state index < -0.39 is 0 Å². The van der Waals surface area contributed by atoms with E-state index >= 15 is 0 Å². The lowest BCUT2D eigenvalue weighted by Crippen LogP contribution is -1.98. The number of nitrogens with zero attached hydrogens (tertiary/aromatic N) is 1. The first kappa shape index (κ1) is 10.9. The fraction of sp³-hybridized carbons (Fsp3) is 0.364. The minimum absolute atomic E-state index is 0.354. The third-order valence-electron chi connectivity index (χ3n) is 2.25. The molecule has 74 valence electrons. The van der Waals surface area contributed by atoms with Crippen LogP contribution < -0.4 is 4.74 Å². The van der Waals surface area contributed by atoms with Crippen molar-refractivity contribution < 1.29 is 4.74 Å². The van der Waals surface area contributed by atoms with E-state index in [4.69, 9.17) is 21.6 Å². The van der Waals surface area contributed by atoms with Gasteiger partial charge in [0.15, 0.2) is 0 Å². The van der Waals surface area contributed by atoms with E-state index in [1.165, 1.54) is 0 Å². The van der Waals surface area contributed by atoms with E-state index in [1.807, 2.05) is 19.9 Å².